The molecule has 1 aromatic carbocycles. The molecular formula is C15H13N3O2. The van der Waals surface area contributed by atoms with E-state index in [0.717, 1.165) is 16.1 Å². The Morgan fingerprint density at radius 2 is 1.90 bits per heavy atom. The van der Waals surface area contributed by atoms with E-state index in [2.05, 4.69) is 10.4 Å². The molecule has 2 aromatic rings. The van der Waals surface area contributed by atoms with Gasteiger partial charge in [-0.25, -0.2) is 0 Å². The molecule has 1 aliphatic heterocycles. The molecule has 2 heterocycles. The number of fused-ring (bicyclic) bond motifs is 1. The predicted octanol–water partition coefficient (Wildman–Crippen LogP) is 1.94. The molecule has 100 valence electrons. The molecule has 0 unspecified atom stereocenters. The third-order valence-electron chi connectivity index (χ3n) is 3.21. The summed E-state index contributed by atoms with van der Waals surface area (Å²) in [5.74, 6) is -0.583. The Labute approximate surface area is 116 Å². The molecule has 1 aliphatic rings. The van der Waals surface area contributed by atoms with Crippen molar-refractivity contribution in [2.45, 2.75) is 13.3 Å². The van der Waals surface area contributed by atoms with Gasteiger partial charge in [0.1, 0.15) is 0 Å². The van der Waals surface area contributed by atoms with Crippen LogP contribution in [0.1, 0.15) is 21.5 Å². The van der Waals surface area contributed by atoms with Crippen LogP contribution >= 0.6 is 0 Å². The van der Waals surface area contributed by atoms with Crippen LogP contribution in [0.2, 0.25) is 0 Å². The van der Waals surface area contributed by atoms with Gasteiger partial charge in [0.2, 0.25) is 0 Å². The minimum atomic E-state index is -0.322. The summed E-state index contributed by atoms with van der Waals surface area (Å²) in [6.07, 6.45) is 3.41. The topological polar surface area (TPSA) is 62.3 Å². The van der Waals surface area contributed by atoms with Crippen molar-refractivity contribution in [3.8, 4) is 0 Å². The largest absolute Gasteiger partial charge is 0.288 e. The number of hydrazine groups is 1. The third-order valence-corrected chi connectivity index (χ3v) is 3.21. The van der Waals surface area contributed by atoms with E-state index < -0.39 is 0 Å². The molecule has 2 amide bonds. The smallest absolute Gasteiger partial charge is 0.279 e. The molecular weight excluding hydrogens is 254 g/mol. The Hall–Kier alpha value is -2.69. The summed E-state index contributed by atoms with van der Waals surface area (Å²) in [7, 11) is 0. The van der Waals surface area contributed by atoms with Crippen LogP contribution in [-0.2, 0) is 11.2 Å². The molecule has 20 heavy (non-hydrogen) atoms. The van der Waals surface area contributed by atoms with Crippen molar-refractivity contribution in [2.24, 2.45) is 0 Å². The quantitative estimate of drug-likeness (QED) is 0.845. The van der Waals surface area contributed by atoms with E-state index in [-0.39, 0.29) is 18.2 Å². The molecule has 0 radical (unpaired) electrons. The zero-order chi connectivity index (χ0) is 14.1. The Morgan fingerprint density at radius 1 is 1.15 bits per heavy atom. The first-order valence-electron chi connectivity index (χ1n) is 6.28. The second-order valence-corrected chi connectivity index (χ2v) is 4.72. The van der Waals surface area contributed by atoms with E-state index in [1.807, 2.05) is 25.1 Å². The fourth-order valence-electron chi connectivity index (χ4n) is 2.19. The van der Waals surface area contributed by atoms with E-state index in [4.69, 9.17) is 0 Å². The highest BCUT2D eigenvalue weighted by atomic mass is 16.2. The average Bonchev–Trinajstić information content (AvgIpc) is 2.46. The molecule has 0 bridgehead atoms. The van der Waals surface area contributed by atoms with Gasteiger partial charge >= 0.3 is 0 Å². The van der Waals surface area contributed by atoms with E-state index in [1.54, 1.807) is 24.5 Å². The average molecular weight is 267 g/mol. The molecule has 0 fully saturated rings. The maximum absolute atomic E-state index is 12.4. The molecule has 3 rings (SSSR count). The number of amides is 2. The zero-order valence-electron chi connectivity index (χ0n) is 11.0. The van der Waals surface area contributed by atoms with Crippen molar-refractivity contribution in [3.05, 3.63) is 59.4 Å². The number of aryl methyl sites for hydroxylation is 1. The van der Waals surface area contributed by atoms with E-state index in [1.165, 1.54) is 0 Å². The number of carbonyl (C=O) groups excluding carboxylic acids is 2. The van der Waals surface area contributed by atoms with E-state index in [9.17, 15) is 9.59 Å². The standard InChI is InChI=1S/C15H13N3O2/c1-10-2-3-11-9-14(19)18(15(20)13(11)8-10)17-12-4-6-16-7-5-12/h2-8H,9H2,1H3,(H,16,17). The summed E-state index contributed by atoms with van der Waals surface area (Å²) < 4.78 is 0. The highest BCUT2D eigenvalue weighted by Gasteiger charge is 2.31. The van der Waals surface area contributed by atoms with Crippen molar-refractivity contribution in [2.75, 3.05) is 5.43 Å². The highest BCUT2D eigenvalue weighted by Crippen LogP contribution is 2.21. The molecule has 0 aliphatic carbocycles. The minimum absolute atomic E-state index is 0.222. The lowest BCUT2D eigenvalue weighted by atomic mass is 9.97. The number of nitrogens with zero attached hydrogens (tertiary/aromatic N) is 2. The summed E-state index contributed by atoms with van der Waals surface area (Å²) in [5.41, 5.74) is 5.83. The molecule has 0 saturated carbocycles. The second kappa shape index (κ2) is 4.77. The van der Waals surface area contributed by atoms with Crippen molar-refractivity contribution < 1.29 is 9.59 Å². The zero-order valence-corrected chi connectivity index (χ0v) is 11.0. The van der Waals surface area contributed by atoms with Crippen molar-refractivity contribution >= 4 is 17.5 Å². The first-order valence-corrected chi connectivity index (χ1v) is 6.28. The van der Waals surface area contributed by atoms with Gasteiger partial charge in [0.25, 0.3) is 11.8 Å². The number of hydrogen-bond acceptors (Lipinski definition) is 4. The molecule has 5 nitrogen and oxygen atoms in total. The van der Waals surface area contributed by atoms with Gasteiger partial charge in [-0.15, -0.1) is 0 Å². The molecule has 5 heteroatoms. The Morgan fingerprint density at radius 3 is 2.65 bits per heavy atom. The monoisotopic (exact) mass is 267 g/mol. The number of anilines is 1. The van der Waals surface area contributed by atoms with Gasteiger partial charge in [-0.3, -0.25) is 20.0 Å². The number of carbonyl (C=O) groups is 2. The summed E-state index contributed by atoms with van der Waals surface area (Å²) >= 11 is 0. The van der Waals surface area contributed by atoms with Gasteiger partial charge in [0.05, 0.1) is 12.1 Å². The van der Waals surface area contributed by atoms with E-state index >= 15 is 0 Å². The van der Waals surface area contributed by atoms with Crippen molar-refractivity contribution in [1.82, 2.24) is 9.99 Å². The fourth-order valence-corrected chi connectivity index (χ4v) is 2.19. The van der Waals surface area contributed by atoms with Gasteiger partial charge in [-0.2, -0.15) is 5.01 Å². The number of pyridine rings is 1. The second-order valence-electron chi connectivity index (χ2n) is 4.72. The highest BCUT2D eigenvalue weighted by molar-refractivity contribution is 6.10. The maximum atomic E-state index is 12.4. The fraction of sp³-hybridized carbons (Fsp3) is 0.133. The molecule has 0 atom stereocenters. The van der Waals surface area contributed by atoms with Crippen molar-refractivity contribution in [1.29, 1.82) is 0 Å². The van der Waals surface area contributed by atoms with Crippen molar-refractivity contribution in [3.63, 3.8) is 0 Å². The van der Waals surface area contributed by atoms with Crippen LogP contribution in [0.4, 0.5) is 5.69 Å². The number of benzene rings is 1. The lowest BCUT2D eigenvalue weighted by Crippen LogP contribution is -2.45. The van der Waals surface area contributed by atoms with Crippen LogP contribution in [0.15, 0.2) is 42.7 Å². The van der Waals surface area contributed by atoms with Crippen LogP contribution in [0, 0.1) is 6.92 Å². The number of aromatic nitrogens is 1. The summed E-state index contributed by atoms with van der Waals surface area (Å²) in [6.45, 7) is 1.92. The number of nitrogens with one attached hydrogen (secondary N) is 1. The SMILES string of the molecule is Cc1ccc2c(c1)C(=O)N(Nc1ccncc1)C(=O)C2. The lowest BCUT2D eigenvalue weighted by molar-refractivity contribution is -0.127. The van der Waals surface area contributed by atoms with E-state index in [0.29, 0.717) is 11.3 Å². The molecule has 0 spiro atoms. The van der Waals surface area contributed by atoms with Gasteiger partial charge in [0.15, 0.2) is 0 Å². The first kappa shape index (κ1) is 12.3. The van der Waals surface area contributed by atoms with Crippen LogP contribution in [0.5, 0.6) is 0 Å². The first-order chi connectivity index (χ1) is 9.65. The normalized spacial score (nSPS) is 14.2. The molecule has 1 aromatic heterocycles. The number of rotatable bonds is 2. The van der Waals surface area contributed by atoms with Gasteiger partial charge in [-0.05, 0) is 30.7 Å². The van der Waals surface area contributed by atoms with Crippen LogP contribution in [0.25, 0.3) is 0 Å². The minimum Gasteiger partial charge on any atom is -0.288 e. The number of hydrogen-bond donors (Lipinski definition) is 1. The number of imide groups is 1. The summed E-state index contributed by atoms with van der Waals surface area (Å²) in [5, 5.41) is 1.07. The lowest BCUT2D eigenvalue weighted by Gasteiger charge is -2.27. The maximum Gasteiger partial charge on any atom is 0.279 e. The predicted molar refractivity (Wildman–Crippen MR) is 73.9 cm³/mol. The van der Waals surface area contributed by atoms with Gasteiger partial charge < -0.3 is 0 Å². The summed E-state index contributed by atoms with van der Waals surface area (Å²) in [4.78, 5) is 28.4. The Balaban J connectivity index is 1.94. The molecule has 0 saturated heterocycles. The van der Waals surface area contributed by atoms with Gasteiger partial charge in [0, 0.05) is 18.0 Å². The molecule has 1 N–H and O–H groups in total. The van der Waals surface area contributed by atoms with Crippen LogP contribution in [0.3, 0.4) is 0 Å². The van der Waals surface area contributed by atoms with Crippen LogP contribution in [-0.4, -0.2) is 21.8 Å². The Kier molecular flexibility index (Phi) is 2.95. The van der Waals surface area contributed by atoms with Gasteiger partial charge in [-0.1, -0.05) is 17.7 Å². The Bertz CT molecular complexity index is 683. The summed E-state index contributed by atoms with van der Waals surface area (Å²) in [6, 6.07) is 8.96. The third kappa shape index (κ3) is 2.14. The van der Waals surface area contributed by atoms with Crippen LogP contribution < -0.4 is 5.43 Å².